The zero-order valence-electron chi connectivity index (χ0n) is 13.7. The Labute approximate surface area is 147 Å². The molecule has 4 rings (SSSR count). The Morgan fingerprint density at radius 1 is 1.32 bits per heavy atom. The lowest BCUT2D eigenvalue weighted by Gasteiger charge is -2.31. The number of carbonyl (C=O) groups is 1. The van der Waals surface area contributed by atoms with Gasteiger partial charge in [-0.1, -0.05) is 11.3 Å². The Morgan fingerprint density at radius 2 is 2.12 bits per heavy atom. The standard InChI is InChI=1S/C17H17FN4O2S/c1-21-7-6-14(20-21)16(23)22-8-4-12(5-9-22)24-17-19-13-3-2-11(18)10-15(13)25-17/h2-3,6-7,10,12H,4-5,8-9H2,1H3. The van der Waals surface area contributed by atoms with Crippen molar-refractivity contribution in [1.29, 1.82) is 0 Å². The molecule has 3 aromatic rings. The first-order valence-electron chi connectivity index (χ1n) is 8.10. The molecule has 1 aliphatic heterocycles. The topological polar surface area (TPSA) is 60.2 Å². The van der Waals surface area contributed by atoms with Crippen molar-refractivity contribution >= 4 is 27.5 Å². The van der Waals surface area contributed by atoms with E-state index in [-0.39, 0.29) is 17.8 Å². The third-order valence-electron chi connectivity index (χ3n) is 4.26. The molecule has 0 bridgehead atoms. The summed E-state index contributed by atoms with van der Waals surface area (Å²) in [6.07, 6.45) is 3.25. The van der Waals surface area contributed by atoms with Gasteiger partial charge in [-0.05, 0) is 24.3 Å². The number of ether oxygens (including phenoxy) is 1. The summed E-state index contributed by atoms with van der Waals surface area (Å²) in [7, 11) is 1.79. The zero-order valence-corrected chi connectivity index (χ0v) is 14.5. The Morgan fingerprint density at radius 3 is 2.84 bits per heavy atom. The highest BCUT2D eigenvalue weighted by Crippen LogP contribution is 2.30. The number of aryl methyl sites for hydroxylation is 1. The van der Waals surface area contributed by atoms with Crippen LogP contribution in [-0.4, -0.2) is 44.8 Å². The number of likely N-dealkylation sites (tertiary alicyclic amines) is 1. The number of benzene rings is 1. The lowest BCUT2D eigenvalue weighted by atomic mass is 10.1. The Hall–Kier alpha value is -2.48. The first-order chi connectivity index (χ1) is 12.1. The predicted octanol–water partition coefficient (Wildman–Crippen LogP) is 2.85. The minimum absolute atomic E-state index is 0.0122. The Bertz CT molecular complexity index is 914. The molecule has 1 saturated heterocycles. The van der Waals surface area contributed by atoms with Crippen LogP contribution in [0.4, 0.5) is 4.39 Å². The number of hydrogen-bond donors (Lipinski definition) is 0. The van der Waals surface area contributed by atoms with E-state index in [1.54, 1.807) is 35.0 Å². The van der Waals surface area contributed by atoms with Gasteiger partial charge in [0, 0.05) is 39.2 Å². The van der Waals surface area contributed by atoms with Crippen LogP contribution in [0.15, 0.2) is 30.5 Å². The minimum atomic E-state index is -0.274. The lowest BCUT2D eigenvalue weighted by Crippen LogP contribution is -2.42. The molecule has 8 heteroatoms. The molecule has 3 heterocycles. The largest absolute Gasteiger partial charge is 0.467 e. The second-order valence-electron chi connectivity index (χ2n) is 6.08. The number of hydrogen-bond acceptors (Lipinski definition) is 5. The van der Waals surface area contributed by atoms with Gasteiger partial charge >= 0.3 is 0 Å². The van der Waals surface area contributed by atoms with Crippen LogP contribution in [-0.2, 0) is 7.05 Å². The van der Waals surface area contributed by atoms with Crippen LogP contribution in [0.3, 0.4) is 0 Å². The molecule has 0 N–H and O–H groups in total. The molecule has 25 heavy (non-hydrogen) atoms. The predicted molar refractivity (Wildman–Crippen MR) is 92.3 cm³/mol. The quantitative estimate of drug-likeness (QED) is 0.721. The van der Waals surface area contributed by atoms with Gasteiger partial charge in [-0.3, -0.25) is 9.48 Å². The highest BCUT2D eigenvalue weighted by Gasteiger charge is 2.26. The van der Waals surface area contributed by atoms with Crippen molar-refractivity contribution in [3.8, 4) is 5.19 Å². The van der Waals surface area contributed by atoms with Crippen LogP contribution in [0.25, 0.3) is 10.2 Å². The second kappa shape index (κ2) is 6.44. The molecule has 0 radical (unpaired) electrons. The fourth-order valence-corrected chi connectivity index (χ4v) is 3.84. The monoisotopic (exact) mass is 360 g/mol. The number of amides is 1. The van der Waals surface area contributed by atoms with Crippen LogP contribution in [0.1, 0.15) is 23.3 Å². The van der Waals surface area contributed by atoms with Gasteiger partial charge in [0.15, 0.2) is 0 Å². The average Bonchev–Trinajstić information content (AvgIpc) is 3.20. The maximum atomic E-state index is 13.3. The molecule has 0 spiro atoms. The van der Waals surface area contributed by atoms with Gasteiger partial charge in [-0.25, -0.2) is 9.37 Å². The Balaban J connectivity index is 1.37. The first kappa shape index (κ1) is 16.0. The maximum absolute atomic E-state index is 13.3. The molecule has 1 aliphatic rings. The smallest absolute Gasteiger partial charge is 0.274 e. The van der Waals surface area contributed by atoms with Crippen LogP contribution >= 0.6 is 11.3 Å². The highest BCUT2D eigenvalue weighted by molar-refractivity contribution is 7.20. The van der Waals surface area contributed by atoms with Crippen molar-refractivity contribution in [2.45, 2.75) is 18.9 Å². The number of carbonyl (C=O) groups excluding carboxylic acids is 1. The van der Waals surface area contributed by atoms with E-state index in [0.717, 1.165) is 23.1 Å². The van der Waals surface area contributed by atoms with Crippen molar-refractivity contribution in [2.24, 2.45) is 7.05 Å². The summed E-state index contributed by atoms with van der Waals surface area (Å²) in [6, 6.07) is 6.24. The van der Waals surface area contributed by atoms with Crippen LogP contribution in [0, 0.1) is 5.82 Å². The SMILES string of the molecule is Cn1ccc(C(=O)N2CCC(Oc3nc4ccc(F)cc4s3)CC2)n1. The molecule has 1 amide bonds. The lowest BCUT2D eigenvalue weighted by molar-refractivity contribution is 0.0589. The minimum Gasteiger partial charge on any atom is -0.467 e. The summed E-state index contributed by atoms with van der Waals surface area (Å²) in [5, 5.41) is 4.71. The molecule has 1 fully saturated rings. The van der Waals surface area contributed by atoms with E-state index in [1.807, 2.05) is 0 Å². The molecule has 6 nitrogen and oxygen atoms in total. The number of piperidine rings is 1. The van der Waals surface area contributed by atoms with Gasteiger partial charge in [0.2, 0.25) is 0 Å². The number of rotatable bonds is 3. The van der Waals surface area contributed by atoms with E-state index in [0.29, 0.717) is 24.0 Å². The normalized spacial score (nSPS) is 15.7. The van der Waals surface area contributed by atoms with Crippen LogP contribution in [0.5, 0.6) is 5.19 Å². The molecular weight excluding hydrogens is 343 g/mol. The number of nitrogens with zero attached hydrogens (tertiary/aromatic N) is 4. The van der Waals surface area contributed by atoms with E-state index in [4.69, 9.17) is 4.74 Å². The van der Waals surface area contributed by atoms with Crippen molar-refractivity contribution in [2.75, 3.05) is 13.1 Å². The van der Waals surface area contributed by atoms with Crippen molar-refractivity contribution < 1.29 is 13.9 Å². The highest BCUT2D eigenvalue weighted by atomic mass is 32.1. The zero-order chi connectivity index (χ0) is 17.4. The Kier molecular flexibility index (Phi) is 4.12. The third kappa shape index (κ3) is 3.34. The average molecular weight is 360 g/mol. The van der Waals surface area contributed by atoms with E-state index in [2.05, 4.69) is 10.1 Å². The van der Waals surface area contributed by atoms with E-state index < -0.39 is 0 Å². The summed E-state index contributed by atoms with van der Waals surface area (Å²) in [5.74, 6) is -0.321. The molecule has 1 aromatic carbocycles. The summed E-state index contributed by atoms with van der Waals surface area (Å²) < 4.78 is 21.6. The number of halogens is 1. The molecule has 130 valence electrons. The van der Waals surface area contributed by atoms with Gasteiger partial charge < -0.3 is 9.64 Å². The van der Waals surface area contributed by atoms with Crippen LogP contribution < -0.4 is 4.74 Å². The summed E-state index contributed by atoms with van der Waals surface area (Å²) in [5.41, 5.74) is 1.21. The van der Waals surface area contributed by atoms with Gasteiger partial charge in [0.25, 0.3) is 11.1 Å². The van der Waals surface area contributed by atoms with E-state index in [1.165, 1.54) is 23.5 Å². The molecule has 0 unspecified atom stereocenters. The number of thiazole rings is 1. The van der Waals surface area contributed by atoms with Crippen molar-refractivity contribution in [1.82, 2.24) is 19.7 Å². The summed E-state index contributed by atoms with van der Waals surface area (Å²) >= 11 is 1.35. The van der Waals surface area contributed by atoms with E-state index in [9.17, 15) is 9.18 Å². The number of aromatic nitrogens is 3. The van der Waals surface area contributed by atoms with Gasteiger partial charge in [0.05, 0.1) is 10.2 Å². The van der Waals surface area contributed by atoms with Crippen LogP contribution in [0.2, 0.25) is 0 Å². The van der Waals surface area contributed by atoms with E-state index >= 15 is 0 Å². The second-order valence-corrected chi connectivity index (χ2v) is 7.07. The van der Waals surface area contributed by atoms with Crippen molar-refractivity contribution in [3.05, 3.63) is 42.0 Å². The van der Waals surface area contributed by atoms with Crippen molar-refractivity contribution in [3.63, 3.8) is 0 Å². The summed E-state index contributed by atoms with van der Waals surface area (Å²) in [4.78, 5) is 18.6. The fraction of sp³-hybridized carbons (Fsp3) is 0.353. The molecule has 2 aromatic heterocycles. The first-order valence-corrected chi connectivity index (χ1v) is 8.92. The third-order valence-corrected chi connectivity index (χ3v) is 5.17. The molecule has 0 aliphatic carbocycles. The summed E-state index contributed by atoms with van der Waals surface area (Å²) in [6.45, 7) is 1.25. The van der Waals surface area contributed by atoms with Gasteiger partial charge in [0.1, 0.15) is 17.6 Å². The molecular formula is C17H17FN4O2S. The maximum Gasteiger partial charge on any atom is 0.274 e. The molecule has 0 saturated carbocycles. The molecule has 0 atom stereocenters. The fourth-order valence-electron chi connectivity index (χ4n) is 2.94. The van der Waals surface area contributed by atoms with Gasteiger partial charge in [-0.15, -0.1) is 0 Å². The number of fused-ring (bicyclic) bond motifs is 1. The van der Waals surface area contributed by atoms with Gasteiger partial charge in [-0.2, -0.15) is 5.10 Å².